The number of ether oxygens (including phenoxy) is 1. The highest BCUT2D eigenvalue weighted by Gasteiger charge is 2.46. The van der Waals surface area contributed by atoms with E-state index in [4.69, 9.17) is 27.9 Å². The molecule has 1 aliphatic heterocycles. The van der Waals surface area contributed by atoms with E-state index in [1.165, 1.54) is 0 Å². The molecule has 4 atom stereocenters. The third-order valence-electron chi connectivity index (χ3n) is 5.25. The summed E-state index contributed by atoms with van der Waals surface area (Å²) in [6.07, 6.45) is -1.82. The van der Waals surface area contributed by atoms with Gasteiger partial charge in [0, 0.05) is 10.0 Å². The van der Waals surface area contributed by atoms with Gasteiger partial charge in [-0.25, -0.2) is 0 Å². The van der Waals surface area contributed by atoms with E-state index in [9.17, 15) is 19.8 Å². The molecule has 6 nitrogen and oxygen atoms in total. The topological polar surface area (TPSA) is 87.1 Å². The van der Waals surface area contributed by atoms with Crippen molar-refractivity contribution < 1.29 is 24.5 Å². The summed E-state index contributed by atoms with van der Waals surface area (Å²) in [7, 11) is 0. The largest absolute Gasteiger partial charge is 0.481 e. The Morgan fingerprint density at radius 1 is 1.13 bits per heavy atom. The van der Waals surface area contributed by atoms with Crippen LogP contribution in [-0.4, -0.2) is 45.7 Å². The molecule has 0 aliphatic carbocycles. The number of halogens is 2. The van der Waals surface area contributed by atoms with Gasteiger partial charge in [-0.2, -0.15) is 0 Å². The molecular formula is C22H23Cl2NO5. The number of aliphatic carboxylic acids is 1. The lowest BCUT2D eigenvalue weighted by molar-refractivity contribution is -0.184. The van der Waals surface area contributed by atoms with Crippen LogP contribution in [0.4, 0.5) is 0 Å². The standard InChI is InChI=1S/C22H23Cl2NO5/c1-2-17(12-26)25-20(13-6-8-15(23)9-7-13)21(14-4-3-5-16(24)10-14)30-18(22(25)29)11-19(27)28/h3-10,17-18,20-21,26H,2,11-12H2,1H3,(H,27,28)/t17-,18?,20+,21?/m0/s1. The minimum absolute atomic E-state index is 0.256. The molecule has 2 aromatic rings. The van der Waals surface area contributed by atoms with Crippen LogP contribution in [0.1, 0.15) is 43.0 Å². The van der Waals surface area contributed by atoms with Gasteiger partial charge < -0.3 is 19.8 Å². The van der Waals surface area contributed by atoms with Crippen molar-refractivity contribution in [1.82, 2.24) is 4.90 Å². The van der Waals surface area contributed by atoms with Crippen LogP contribution in [0.5, 0.6) is 0 Å². The molecule has 1 heterocycles. The summed E-state index contributed by atoms with van der Waals surface area (Å²) in [4.78, 5) is 26.2. The first-order valence-corrected chi connectivity index (χ1v) is 10.4. The molecule has 2 unspecified atom stereocenters. The Labute approximate surface area is 185 Å². The molecule has 1 aliphatic rings. The molecule has 0 bridgehead atoms. The molecule has 3 rings (SSSR count). The molecule has 8 heteroatoms. The monoisotopic (exact) mass is 451 g/mol. The zero-order chi connectivity index (χ0) is 21.8. The highest BCUT2D eigenvalue weighted by atomic mass is 35.5. The number of morpholine rings is 1. The summed E-state index contributed by atoms with van der Waals surface area (Å²) in [6.45, 7) is 1.61. The smallest absolute Gasteiger partial charge is 0.306 e. The van der Waals surface area contributed by atoms with Crippen LogP contribution in [0.3, 0.4) is 0 Å². The lowest BCUT2D eigenvalue weighted by atomic mass is 9.89. The van der Waals surface area contributed by atoms with Crippen molar-refractivity contribution in [1.29, 1.82) is 0 Å². The number of hydrogen-bond donors (Lipinski definition) is 2. The summed E-state index contributed by atoms with van der Waals surface area (Å²) in [6, 6.07) is 13.0. The minimum Gasteiger partial charge on any atom is -0.481 e. The quantitative estimate of drug-likeness (QED) is 0.656. The summed E-state index contributed by atoms with van der Waals surface area (Å²) in [5, 5.41) is 20.3. The van der Waals surface area contributed by atoms with Crippen LogP contribution in [0, 0.1) is 0 Å². The van der Waals surface area contributed by atoms with Gasteiger partial charge in [0.15, 0.2) is 0 Å². The fourth-order valence-electron chi connectivity index (χ4n) is 3.81. The number of nitrogens with zero attached hydrogens (tertiary/aromatic N) is 1. The summed E-state index contributed by atoms with van der Waals surface area (Å²) in [5.41, 5.74) is 1.47. The van der Waals surface area contributed by atoms with E-state index in [2.05, 4.69) is 0 Å². The maximum atomic E-state index is 13.3. The molecule has 0 spiro atoms. The van der Waals surface area contributed by atoms with Gasteiger partial charge >= 0.3 is 5.97 Å². The van der Waals surface area contributed by atoms with E-state index in [1.807, 2.05) is 13.0 Å². The number of amides is 1. The van der Waals surface area contributed by atoms with E-state index >= 15 is 0 Å². The number of carboxylic acids is 1. The number of aliphatic hydroxyl groups is 1. The highest BCUT2D eigenvalue weighted by molar-refractivity contribution is 6.30. The molecule has 0 saturated carbocycles. The number of rotatable bonds is 7. The lowest BCUT2D eigenvalue weighted by Crippen LogP contribution is -2.56. The molecule has 2 N–H and O–H groups in total. The number of aliphatic hydroxyl groups excluding tert-OH is 1. The van der Waals surface area contributed by atoms with Crippen molar-refractivity contribution in [3.63, 3.8) is 0 Å². The second-order valence-electron chi connectivity index (χ2n) is 7.18. The first-order chi connectivity index (χ1) is 14.3. The second kappa shape index (κ2) is 9.79. The van der Waals surface area contributed by atoms with Gasteiger partial charge in [0.2, 0.25) is 0 Å². The number of carbonyl (C=O) groups is 2. The predicted molar refractivity (Wildman–Crippen MR) is 114 cm³/mol. The van der Waals surface area contributed by atoms with Crippen LogP contribution >= 0.6 is 23.2 Å². The summed E-state index contributed by atoms with van der Waals surface area (Å²) < 4.78 is 6.07. The molecule has 1 amide bonds. The Kier molecular flexibility index (Phi) is 7.36. The van der Waals surface area contributed by atoms with E-state index < -0.39 is 42.6 Å². The lowest BCUT2D eigenvalue weighted by Gasteiger charge is -2.47. The van der Waals surface area contributed by atoms with Crippen molar-refractivity contribution >= 4 is 35.1 Å². The number of carbonyl (C=O) groups excluding carboxylic acids is 1. The van der Waals surface area contributed by atoms with E-state index in [-0.39, 0.29) is 6.61 Å². The van der Waals surface area contributed by atoms with Gasteiger partial charge in [-0.3, -0.25) is 9.59 Å². The molecule has 1 saturated heterocycles. The van der Waals surface area contributed by atoms with Gasteiger partial charge in [-0.05, 0) is 41.8 Å². The van der Waals surface area contributed by atoms with Crippen LogP contribution in [0.25, 0.3) is 0 Å². The second-order valence-corrected chi connectivity index (χ2v) is 8.06. The maximum absolute atomic E-state index is 13.3. The Bertz CT molecular complexity index is 901. The predicted octanol–water partition coefficient (Wildman–Crippen LogP) is 4.25. The Hall–Kier alpha value is -2.12. The maximum Gasteiger partial charge on any atom is 0.306 e. The van der Waals surface area contributed by atoms with E-state index in [0.717, 1.165) is 5.56 Å². The minimum atomic E-state index is -1.17. The normalized spacial score (nSPS) is 22.7. The third kappa shape index (κ3) is 4.78. The SMILES string of the molecule is CC[C@@H](CO)N1C(=O)C(CC(=O)O)OC(c2cccc(Cl)c2)[C@H]1c1ccc(Cl)cc1. The van der Waals surface area contributed by atoms with Gasteiger partial charge in [0.1, 0.15) is 12.2 Å². The van der Waals surface area contributed by atoms with Crippen LogP contribution < -0.4 is 0 Å². The molecule has 160 valence electrons. The van der Waals surface area contributed by atoms with Crippen LogP contribution in [0.2, 0.25) is 10.0 Å². The fraction of sp³-hybridized carbons (Fsp3) is 0.364. The van der Waals surface area contributed by atoms with Crippen molar-refractivity contribution in [2.24, 2.45) is 0 Å². The molecule has 2 aromatic carbocycles. The van der Waals surface area contributed by atoms with Crippen molar-refractivity contribution in [3.05, 3.63) is 69.7 Å². The van der Waals surface area contributed by atoms with Crippen LogP contribution in [0.15, 0.2) is 48.5 Å². The third-order valence-corrected chi connectivity index (χ3v) is 5.74. The molecule has 0 radical (unpaired) electrons. The van der Waals surface area contributed by atoms with E-state index in [0.29, 0.717) is 22.0 Å². The Morgan fingerprint density at radius 2 is 1.83 bits per heavy atom. The summed E-state index contributed by atoms with van der Waals surface area (Å²) in [5.74, 6) is -1.60. The van der Waals surface area contributed by atoms with E-state index in [1.54, 1.807) is 47.4 Å². The molecular weight excluding hydrogens is 429 g/mol. The van der Waals surface area contributed by atoms with Crippen LogP contribution in [-0.2, 0) is 14.3 Å². The van der Waals surface area contributed by atoms with Gasteiger partial charge in [0.05, 0.1) is 25.1 Å². The number of carboxylic acid groups (broad SMARTS) is 1. The zero-order valence-corrected chi connectivity index (χ0v) is 17.9. The molecule has 1 fully saturated rings. The zero-order valence-electron chi connectivity index (χ0n) is 16.4. The van der Waals surface area contributed by atoms with Gasteiger partial charge in [-0.1, -0.05) is 54.4 Å². The van der Waals surface area contributed by atoms with Gasteiger partial charge in [-0.15, -0.1) is 0 Å². The number of hydrogen-bond acceptors (Lipinski definition) is 4. The van der Waals surface area contributed by atoms with Crippen molar-refractivity contribution in [2.75, 3.05) is 6.61 Å². The molecule has 30 heavy (non-hydrogen) atoms. The summed E-state index contributed by atoms with van der Waals surface area (Å²) >= 11 is 12.2. The molecule has 0 aromatic heterocycles. The first-order valence-electron chi connectivity index (χ1n) is 9.66. The average molecular weight is 452 g/mol. The Morgan fingerprint density at radius 3 is 2.40 bits per heavy atom. The fourth-order valence-corrected chi connectivity index (χ4v) is 4.14. The number of benzene rings is 2. The van der Waals surface area contributed by atoms with Gasteiger partial charge in [0.25, 0.3) is 5.91 Å². The average Bonchev–Trinajstić information content (AvgIpc) is 2.71. The van der Waals surface area contributed by atoms with Crippen molar-refractivity contribution in [3.8, 4) is 0 Å². The highest BCUT2D eigenvalue weighted by Crippen LogP contribution is 2.44. The van der Waals surface area contributed by atoms with Crippen molar-refractivity contribution in [2.45, 2.75) is 44.1 Å². The first kappa shape index (κ1) is 22.6. The Balaban J connectivity index is 2.16.